The zero-order valence-electron chi connectivity index (χ0n) is 14.6. The van der Waals surface area contributed by atoms with E-state index in [1.807, 2.05) is 11.0 Å². The molecule has 5 rings (SSSR count). The molecule has 0 radical (unpaired) electrons. The van der Waals surface area contributed by atoms with Crippen LogP contribution in [0.2, 0.25) is 0 Å². The monoisotopic (exact) mass is 386 g/mol. The zero-order valence-corrected chi connectivity index (χ0v) is 15.4. The number of rotatable bonds is 2. The molecule has 27 heavy (non-hydrogen) atoms. The lowest BCUT2D eigenvalue weighted by Crippen LogP contribution is -2.46. The van der Waals surface area contributed by atoms with Crippen LogP contribution in [-0.4, -0.2) is 35.1 Å². The maximum Gasteiger partial charge on any atom is 0.231 e. The summed E-state index contributed by atoms with van der Waals surface area (Å²) in [5, 5.41) is 12.2. The van der Waals surface area contributed by atoms with Gasteiger partial charge in [0.1, 0.15) is 5.82 Å². The molecule has 3 heterocycles. The third kappa shape index (κ3) is 2.60. The predicted molar refractivity (Wildman–Crippen MR) is 101 cm³/mol. The van der Waals surface area contributed by atoms with Crippen LogP contribution in [0.25, 0.3) is 0 Å². The lowest BCUT2D eigenvalue weighted by Gasteiger charge is -2.38. The molecule has 3 aliphatic heterocycles. The number of benzene rings is 2. The molecule has 0 bridgehead atoms. The van der Waals surface area contributed by atoms with E-state index in [0.29, 0.717) is 29.2 Å². The zero-order chi connectivity index (χ0) is 18.4. The molecule has 0 amide bonds. The highest BCUT2D eigenvalue weighted by Crippen LogP contribution is 2.56. The van der Waals surface area contributed by atoms with Gasteiger partial charge in [-0.2, -0.15) is 0 Å². The van der Waals surface area contributed by atoms with E-state index in [1.165, 1.54) is 17.8 Å². The van der Waals surface area contributed by atoms with Crippen LogP contribution in [0.5, 0.6) is 11.5 Å². The van der Waals surface area contributed by atoms with E-state index < -0.39 is 11.0 Å². The van der Waals surface area contributed by atoms with Crippen molar-refractivity contribution < 1.29 is 19.0 Å². The highest BCUT2D eigenvalue weighted by atomic mass is 32.2. The van der Waals surface area contributed by atoms with E-state index in [4.69, 9.17) is 9.47 Å². The first kappa shape index (κ1) is 16.9. The van der Waals surface area contributed by atoms with Gasteiger partial charge in [-0.15, -0.1) is 0 Å². The minimum atomic E-state index is -1.42. The van der Waals surface area contributed by atoms with Gasteiger partial charge in [0.2, 0.25) is 6.79 Å². The van der Waals surface area contributed by atoms with Gasteiger partial charge in [-0.1, -0.05) is 36.0 Å². The van der Waals surface area contributed by atoms with Crippen molar-refractivity contribution in [1.82, 2.24) is 4.90 Å². The molecule has 1 fully saturated rings. The minimum absolute atomic E-state index is 0.166. The van der Waals surface area contributed by atoms with Crippen LogP contribution in [0.3, 0.4) is 0 Å². The summed E-state index contributed by atoms with van der Waals surface area (Å²) in [5.41, 5.74) is -0.296. The summed E-state index contributed by atoms with van der Waals surface area (Å²) in [6.07, 6.45) is 1.90. The molecule has 0 aliphatic carbocycles. The Morgan fingerprint density at radius 3 is 2.89 bits per heavy atom. The Balaban J connectivity index is 1.67. The van der Waals surface area contributed by atoms with E-state index in [9.17, 15) is 9.50 Å². The summed E-state index contributed by atoms with van der Waals surface area (Å²) >= 11 is 1.42. The number of nitrogens with zero attached hydrogens (tertiary/aromatic N) is 2. The summed E-state index contributed by atoms with van der Waals surface area (Å²) in [6.45, 7) is 1.56. The molecule has 0 aromatic heterocycles. The van der Waals surface area contributed by atoms with Crippen molar-refractivity contribution in [1.29, 1.82) is 0 Å². The van der Waals surface area contributed by atoms with Crippen LogP contribution < -0.4 is 9.47 Å². The SMILES string of the molecule is OC1(c2ccc3c(c2)OCO3)C(c2ccccc2F)SC2=NCCCCN21. The van der Waals surface area contributed by atoms with Crippen LogP contribution in [0.1, 0.15) is 29.2 Å². The molecule has 7 heteroatoms. The number of thioether (sulfide) groups is 1. The largest absolute Gasteiger partial charge is 0.454 e. The standard InChI is InChI=1S/C20H19FN2O3S/c21-15-6-2-1-5-14(15)18-20(24,23-10-4-3-9-22-19(23)27-18)13-7-8-16-17(11-13)26-12-25-16/h1-2,5-8,11,18,24H,3-4,9-10,12H2. The summed E-state index contributed by atoms with van der Waals surface area (Å²) < 4.78 is 25.6. The normalized spacial score (nSPS) is 26.5. The Bertz CT molecular complexity index is 922. The molecular formula is C20H19FN2O3S. The van der Waals surface area contributed by atoms with E-state index >= 15 is 0 Å². The molecule has 3 aliphatic rings. The third-order valence-electron chi connectivity index (χ3n) is 5.25. The predicted octanol–water partition coefficient (Wildman–Crippen LogP) is 3.64. The maximum absolute atomic E-state index is 14.7. The number of ether oxygens (including phenoxy) is 2. The Hall–Kier alpha value is -2.25. The third-order valence-corrected chi connectivity index (χ3v) is 6.63. The summed E-state index contributed by atoms with van der Waals surface area (Å²) in [6, 6.07) is 12.0. The van der Waals surface area contributed by atoms with Gasteiger partial charge >= 0.3 is 0 Å². The fraction of sp³-hybridized carbons (Fsp3) is 0.350. The van der Waals surface area contributed by atoms with Crippen LogP contribution in [0.4, 0.5) is 4.39 Å². The quantitative estimate of drug-likeness (QED) is 0.854. The van der Waals surface area contributed by atoms with Gasteiger partial charge in [-0.25, -0.2) is 4.39 Å². The van der Waals surface area contributed by atoms with Gasteiger partial charge < -0.3 is 19.5 Å². The number of fused-ring (bicyclic) bond motifs is 2. The lowest BCUT2D eigenvalue weighted by molar-refractivity contribution is -0.0718. The van der Waals surface area contributed by atoms with Gasteiger partial charge in [-0.3, -0.25) is 4.99 Å². The Labute approximate surface area is 160 Å². The molecule has 2 atom stereocenters. The second-order valence-electron chi connectivity index (χ2n) is 6.84. The lowest BCUT2D eigenvalue weighted by atomic mass is 9.92. The highest BCUT2D eigenvalue weighted by molar-refractivity contribution is 8.14. The van der Waals surface area contributed by atoms with E-state index in [-0.39, 0.29) is 12.6 Å². The van der Waals surface area contributed by atoms with Crippen LogP contribution in [-0.2, 0) is 5.72 Å². The number of hydrogen-bond donors (Lipinski definition) is 1. The van der Waals surface area contributed by atoms with E-state index in [2.05, 4.69) is 4.99 Å². The fourth-order valence-electron chi connectivity index (χ4n) is 3.88. The highest BCUT2D eigenvalue weighted by Gasteiger charge is 2.54. The topological polar surface area (TPSA) is 54.3 Å². The summed E-state index contributed by atoms with van der Waals surface area (Å²) in [4.78, 5) is 6.57. The van der Waals surface area contributed by atoms with Crippen molar-refractivity contribution >= 4 is 16.9 Å². The van der Waals surface area contributed by atoms with Crippen LogP contribution in [0, 0.1) is 5.82 Å². The first-order valence-corrected chi connectivity index (χ1v) is 9.91. The van der Waals surface area contributed by atoms with E-state index in [0.717, 1.165) is 24.6 Å². The molecule has 0 saturated carbocycles. The molecule has 1 N–H and O–H groups in total. The number of amidine groups is 1. The summed E-state index contributed by atoms with van der Waals surface area (Å²) in [7, 11) is 0. The second kappa shape index (κ2) is 6.42. The van der Waals surface area contributed by atoms with E-state index in [1.54, 1.807) is 30.3 Å². The number of hydrogen-bond acceptors (Lipinski definition) is 6. The number of aliphatic imine (C=N–C) groups is 1. The number of aliphatic hydroxyl groups is 1. The van der Waals surface area contributed by atoms with Crippen LogP contribution in [0.15, 0.2) is 47.5 Å². The number of halogens is 1. The van der Waals surface area contributed by atoms with Gasteiger partial charge in [0.15, 0.2) is 22.4 Å². The first-order chi connectivity index (χ1) is 13.2. The Kier molecular flexibility index (Phi) is 4.02. The first-order valence-electron chi connectivity index (χ1n) is 9.03. The fourth-order valence-corrected chi connectivity index (χ4v) is 5.36. The molecule has 2 aromatic rings. The van der Waals surface area contributed by atoms with Crippen molar-refractivity contribution in [2.24, 2.45) is 4.99 Å². The van der Waals surface area contributed by atoms with Crippen molar-refractivity contribution in [3.05, 3.63) is 59.4 Å². The maximum atomic E-state index is 14.7. The van der Waals surface area contributed by atoms with Gasteiger partial charge in [-0.05, 0) is 31.0 Å². The van der Waals surface area contributed by atoms with Crippen LogP contribution >= 0.6 is 11.8 Å². The molecular weight excluding hydrogens is 367 g/mol. The molecule has 2 aromatic carbocycles. The molecule has 2 unspecified atom stereocenters. The minimum Gasteiger partial charge on any atom is -0.454 e. The van der Waals surface area contributed by atoms with Gasteiger partial charge in [0.25, 0.3) is 0 Å². The summed E-state index contributed by atoms with van der Waals surface area (Å²) in [5.74, 6) is 0.922. The van der Waals surface area contributed by atoms with Crippen molar-refractivity contribution in [3.8, 4) is 11.5 Å². The van der Waals surface area contributed by atoms with Crippen molar-refractivity contribution in [3.63, 3.8) is 0 Å². The Morgan fingerprint density at radius 2 is 2.00 bits per heavy atom. The Morgan fingerprint density at radius 1 is 1.15 bits per heavy atom. The van der Waals surface area contributed by atoms with Crippen molar-refractivity contribution in [2.45, 2.75) is 23.8 Å². The molecule has 5 nitrogen and oxygen atoms in total. The second-order valence-corrected chi connectivity index (χ2v) is 7.91. The average molecular weight is 386 g/mol. The smallest absolute Gasteiger partial charge is 0.231 e. The van der Waals surface area contributed by atoms with Gasteiger partial charge in [0.05, 0.1) is 5.25 Å². The molecule has 1 saturated heterocycles. The van der Waals surface area contributed by atoms with Crippen molar-refractivity contribution in [2.75, 3.05) is 19.9 Å². The molecule has 0 spiro atoms. The average Bonchev–Trinajstić information content (AvgIpc) is 3.16. The van der Waals surface area contributed by atoms with Gasteiger partial charge in [0, 0.05) is 24.2 Å². The molecule has 140 valence electrons.